The van der Waals surface area contributed by atoms with Crippen LogP contribution in [0.15, 0.2) is 41.3 Å². The van der Waals surface area contributed by atoms with Gasteiger partial charge in [-0.15, -0.1) is 12.4 Å². The van der Waals surface area contributed by atoms with Gasteiger partial charge in [-0.25, -0.2) is 13.1 Å². The summed E-state index contributed by atoms with van der Waals surface area (Å²) in [6.07, 6.45) is 1.60. The molecule has 2 aromatic carbocycles. The van der Waals surface area contributed by atoms with Crippen molar-refractivity contribution in [3.05, 3.63) is 41.4 Å². The highest BCUT2D eigenvalue weighted by Crippen LogP contribution is 2.29. The van der Waals surface area contributed by atoms with Gasteiger partial charge in [0, 0.05) is 27.9 Å². The van der Waals surface area contributed by atoms with Gasteiger partial charge in [0.2, 0.25) is 10.0 Å². The van der Waals surface area contributed by atoms with Crippen LogP contribution in [0.3, 0.4) is 0 Å². The average Bonchev–Trinajstić information content (AvgIpc) is 2.47. The summed E-state index contributed by atoms with van der Waals surface area (Å²) in [5, 5.41) is 5.29. The standard InChI is InChI=1S/C16H19ClN2O2S.ClH/c1-11-10-12(8-9-18-11)19-22(20,21)16-7-6-15(17)13-4-2-3-5-14(13)16;/h2-7,11-12,18-19H,8-10H2,1H3;1H. The third kappa shape index (κ3) is 3.98. The molecule has 0 bridgehead atoms. The zero-order chi connectivity index (χ0) is 15.7. The third-order valence-electron chi connectivity index (χ3n) is 4.07. The molecule has 1 aliphatic heterocycles. The van der Waals surface area contributed by atoms with Crippen molar-refractivity contribution in [1.82, 2.24) is 10.0 Å². The maximum atomic E-state index is 12.8. The second-order valence-corrected chi connectivity index (χ2v) is 7.88. The summed E-state index contributed by atoms with van der Waals surface area (Å²) in [6.45, 7) is 2.90. The van der Waals surface area contributed by atoms with Crippen molar-refractivity contribution < 1.29 is 8.42 Å². The molecule has 2 N–H and O–H groups in total. The van der Waals surface area contributed by atoms with E-state index in [2.05, 4.69) is 17.0 Å². The Labute approximate surface area is 148 Å². The van der Waals surface area contributed by atoms with Gasteiger partial charge in [-0.3, -0.25) is 0 Å². The fourth-order valence-corrected chi connectivity index (χ4v) is 4.71. The number of piperidine rings is 1. The molecular weight excluding hydrogens is 355 g/mol. The maximum absolute atomic E-state index is 12.8. The van der Waals surface area contributed by atoms with Gasteiger partial charge in [-0.1, -0.05) is 35.9 Å². The van der Waals surface area contributed by atoms with E-state index < -0.39 is 10.0 Å². The summed E-state index contributed by atoms with van der Waals surface area (Å²) in [5.74, 6) is 0. The van der Waals surface area contributed by atoms with Crippen molar-refractivity contribution in [3.63, 3.8) is 0 Å². The minimum Gasteiger partial charge on any atom is -0.314 e. The van der Waals surface area contributed by atoms with Gasteiger partial charge in [0.25, 0.3) is 0 Å². The molecule has 23 heavy (non-hydrogen) atoms. The number of rotatable bonds is 3. The molecule has 2 atom stereocenters. The number of halogens is 2. The third-order valence-corrected chi connectivity index (χ3v) is 5.97. The van der Waals surface area contributed by atoms with Crippen LogP contribution in [0.1, 0.15) is 19.8 Å². The Balaban J connectivity index is 0.00000192. The summed E-state index contributed by atoms with van der Waals surface area (Å²) in [7, 11) is -3.56. The minimum atomic E-state index is -3.56. The summed E-state index contributed by atoms with van der Waals surface area (Å²) in [6, 6.07) is 10.8. The van der Waals surface area contributed by atoms with Crippen LogP contribution in [0, 0.1) is 0 Å². The topological polar surface area (TPSA) is 58.2 Å². The second kappa shape index (κ2) is 7.36. The molecule has 3 rings (SSSR count). The van der Waals surface area contributed by atoms with E-state index in [-0.39, 0.29) is 18.4 Å². The Hall–Kier alpha value is -0.850. The van der Waals surface area contributed by atoms with Crippen LogP contribution < -0.4 is 10.0 Å². The second-order valence-electron chi connectivity index (χ2n) is 5.79. The molecule has 0 saturated carbocycles. The first kappa shape index (κ1) is 18.5. The molecule has 2 aromatic rings. The van der Waals surface area contributed by atoms with Crippen LogP contribution in [0.2, 0.25) is 5.02 Å². The maximum Gasteiger partial charge on any atom is 0.241 e. The molecule has 0 spiro atoms. The zero-order valence-electron chi connectivity index (χ0n) is 12.8. The van der Waals surface area contributed by atoms with Crippen molar-refractivity contribution >= 4 is 44.8 Å². The zero-order valence-corrected chi connectivity index (χ0v) is 15.1. The number of nitrogens with one attached hydrogen (secondary N) is 2. The van der Waals surface area contributed by atoms with E-state index >= 15 is 0 Å². The molecule has 126 valence electrons. The Bertz CT molecular complexity index is 796. The highest BCUT2D eigenvalue weighted by atomic mass is 35.5. The molecule has 1 saturated heterocycles. The molecular formula is C16H20Cl2N2O2S. The van der Waals surface area contributed by atoms with Crippen LogP contribution in [0.4, 0.5) is 0 Å². The largest absolute Gasteiger partial charge is 0.314 e. The van der Waals surface area contributed by atoms with E-state index in [9.17, 15) is 8.42 Å². The normalized spacial score (nSPS) is 21.8. The van der Waals surface area contributed by atoms with Gasteiger partial charge in [0.05, 0.1) is 4.90 Å². The summed E-state index contributed by atoms with van der Waals surface area (Å²) < 4.78 is 28.4. The molecule has 4 nitrogen and oxygen atoms in total. The molecule has 0 aromatic heterocycles. The first-order valence-corrected chi connectivity index (χ1v) is 9.26. The van der Waals surface area contributed by atoms with E-state index in [1.807, 2.05) is 18.2 Å². The number of hydrogen-bond donors (Lipinski definition) is 2. The molecule has 1 aliphatic rings. The quantitative estimate of drug-likeness (QED) is 0.865. The van der Waals surface area contributed by atoms with E-state index in [4.69, 9.17) is 11.6 Å². The lowest BCUT2D eigenvalue weighted by Crippen LogP contribution is -2.46. The summed E-state index contributed by atoms with van der Waals surface area (Å²) >= 11 is 6.17. The number of fused-ring (bicyclic) bond motifs is 1. The Morgan fingerprint density at radius 1 is 1.17 bits per heavy atom. The lowest BCUT2D eigenvalue weighted by molar-refractivity contribution is 0.361. The number of sulfonamides is 1. The van der Waals surface area contributed by atoms with E-state index in [1.165, 1.54) is 0 Å². The van der Waals surface area contributed by atoms with Crippen LogP contribution in [0.25, 0.3) is 10.8 Å². The molecule has 0 amide bonds. The molecule has 2 unspecified atom stereocenters. The monoisotopic (exact) mass is 374 g/mol. The first-order valence-electron chi connectivity index (χ1n) is 7.40. The SMILES string of the molecule is CC1CC(NS(=O)(=O)c2ccc(Cl)c3ccccc23)CCN1.Cl. The highest BCUT2D eigenvalue weighted by Gasteiger charge is 2.25. The molecule has 1 heterocycles. The average molecular weight is 375 g/mol. The lowest BCUT2D eigenvalue weighted by Gasteiger charge is -2.28. The van der Waals surface area contributed by atoms with Gasteiger partial charge < -0.3 is 5.32 Å². The van der Waals surface area contributed by atoms with Crippen molar-refractivity contribution in [1.29, 1.82) is 0 Å². The summed E-state index contributed by atoms with van der Waals surface area (Å²) in [5.41, 5.74) is 0. The Morgan fingerprint density at radius 3 is 2.57 bits per heavy atom. The predicted molar refractivity (Wildman–Crippen MR) is 97.0 cm³/mol. The van der Waals surface area contributed by atoms with Gasteiger partial charge in [-0.2, -0.15) is 0 Å². The van der Waals surface area contributed by atoms with Crippen LogP contribution >= 0.6 is 24.0 Å². The fourth-order valence-electron chi connectivity index (χ4n) is 2.99. The summed E-state index contributed by atoms with van der Waals surface area (Å²) in [4.78, 5) is 0.290. The van der Waals surface area contributed by atoms with Crippen molar-refractivity contribution in [2.24, 2.45) is 0 Å². The van der Waals surface area contributed by atoms with Gasteiger partial charge in [0.1, 0.15) is 0 Å². The molecule has 1 fully saturated rings. The van der Waals surface area contributed by atoms with Gasteiger partial charge in [0.15, 0.2) is 0 Å². The fraction of sp³-hybridized carbons (Fsp3) is 0.375. The molecule has 7 heteroatoms. The van der Waals surface area contributed by atoms with E-state index in [0.717, 1.165) is 24.8 Å². The minimum absolute atomic E-state index is 0. The molecule has 0 aliphatic carbocycles. The Kier molecular flexibility index (Phi) is 5.92. The van der Waals surface area contributed by atoms with Gasteiger partial charge in [-0.05, 0) is 38.4 Å². The van der Waals surface area contributed by atoms with Crippen molar-refractivity contribution in [3.8, 4) is 0 Å². The Morgan fingerprint density at radius 2 is 1.87 bits per heavy atom. The number of hydrogen-bond acceptors (Lipinski definition) is 3. The van der Waals surface area contributed by atoms with Crippen molar-refractivity contribution in [2.45, 2.75) is 36.7 Å². The van der Waals surface area contributed by atoms with E-state index in [0.29, 0.717) is 21.3 Å². The number of benzene rings is 2. The highest BCUT2D eigenvalue weighted by molar-refractivity contribution is 7.89. The van der Waals surface area contributed by atoms with Crippen LogP contribution in [-0.2, 0) is 10.0 Å². The van der Waals surface area contributed by atoms with Crippen LogP contribution in [0.5, 0.6) is 0 Å². The smallest absolute Gasteiger partial charge is 0.241 e. The van der Waals surface area contributed by atoms with Crippen molar-refractivity contribution in [2.75, 3.05) is 6.54 Å². The lowest BCUT2D eigenvalue weighted by atomic mass is 10.0. The van der Waals surface area contributed by atoms with Crippen LogP contribution in [-0.4, -0.2) is 27.0 Å². The predicted octanol–water partition coefficient (Wildman–Crippen LogP) is 3.33. The van der Waals surface area contributed by atoms with Gasteiger partial charge >= 0.3 is 0 Å². The first-order chi connectivity index (χ1) is 10.5. The van der Waals surface area contributed by atoms with E-state index in [1.54, 1.807) is 18.2 Å². The molecule has 0 radical (unpaired) electrons.